The summed E-state index contributed by atoms with van der Waals surface area (Å²) in [5, 5.41) is 0. The fourth-order valence-corrected chi connectivity index (χ4v) is 3.98. The van der Waals surface area contributed by atoms with Gasteiger partial charge >= 0.3 is 5.97 Å². The second-order valence-electron chi connectivity index (χ2n) is 7.95. The Bertz CT molecular complexity index is 1260. The van der Waals surface area contributed by atoms with Gasteiger partial charge in [-0.05, 0) is 48.9 Å². The smallest absolute Gasteiger partial charge is 0.338 e. The summed E-state index contributed by atoms with van der Waals surface area (Å²) in [7, 11) is 0. The first kappa shape index (κ1) is 23.8. The van der Waals surface area contributed by atoms with Gasteiger partial charge in [0.15, 0.2) is 0 Å². The van der Waals surface area contributed by atoms with E-state index in [1.165, 1.54) is 53.4 Å². The van der Waals surface area contributed by atoms with Crippen molar-refractivity contribution in [1.82, 2.24) is 4.90 Å². The molecule has 3 aromatic carbocycles. The van der Waals surface area contributed by atoms with E-state index >= 15 is 0 Å². The van der Waals surface area contributed by atoms with Crippen LogP contribution in [0.2, 0.25) is 0 Å². The summed E-state index contributed by atoms with van der Waals surface area (Å²) in [6, 6.07) is 19.3. The second kappa shape index (κ2) is 10.3. The lowest BCUT2D eigenvalue weighted by Crippen LogP contribution is -2.45. The topological polar surface area (TPSA) is 84.0 Å². The molecule has 7 nitrogen and oxygen atoms in total. The summed E-state index contributed by atoms with van der Waals surface area (Å²) in [6.07, 6.45) is -0.245. The molecule has 0 aromatic heterocycles. The number of amides is 3. The molecule has 1 heterocycles. The normalized spacial score (nSPS) is 15.3. The fourth-order valence-electron chi connectivity index (χ4n) is 3.98. The number of imide groups is 1. The molecule has 3 aromatic rings. The third-order valence-electron chi connectivity index (χ3n) is 5.70. The maximum absolute atomic E-state index is 14.5. The van der Waals surface area contributed by atoms with Gasteiger partial charge in [-0.15, -0.1) is 0 Å². The van der Waals surface area contributed by atoms with Crippen molar-refractivity contribution in [3.05, 3.63) is 101 Å². The van der Waals surface area contributed by atoms with Gasteiger partial charge in [-0.2, -0.15) is 0 Å². The maximum Gasteiger partial charge on any atom is 0.338 e. The number of nitrogens with zero attached hydrogens (tertiary/aromatic N) is 2. The second-order valence-corrected chi connectivity index (χ2v) is 7.95. The molecule has 0 radical (unpaired) electrons. The van der Waals surface area contributed by atoms with E-state index in [1.54, 1.807) is 31.2 Å². The molecule has 0 spiro atoms. The molecule has 1 aliphatic heterocycles. The fraction of sp³-hybridized carbons (Fsp3) is 0.185. The van der Waals surface area contributed by atoms with Crippen molar-refractivity contribution in [1.29, 1.82) is 0 Å². The van der Waals surface area contributed by atoms with E-state index < -0.39 is 35.5 Å². The molecule has 0 N–H and O–H groups in total. The molecular weight excluding hydrogens is 451 g/mol. The van der Waals surface area contributed by atoms with Crippen LogP contribution in [0.4, 0.5) is 10.1 Å². The van der Waals surface area contributed by atoms with Crippen LogP contribution in [0.5, 0.6) is 0 Å². The van der Waals surface area contributed by atoms with Crippen molar-refractivity contribution in [3.63, 3.8) is 0 Å². The average molecular weight is 474 g/mol. The van der Waals surface area contributed by atoms with Crippen molar-refractivity contribution < 1.29 is 28.3 Å². The first-order chi connectivity index (χ1) is 16.9. The molecule has 3 amide bonds. The summed E-state index contributed by atoms with van der Waals surface area (Å²) in [4.78, 5) is 53.8. The highest BCUT2D eigenvalue weighted by Crippen LogP contribution is 2.28. The molecule has 0 bridgehead atoms. The van der Waals surface area contributed by atoms with Crippen molar-refractivity contribution in [2.75, 3.05) is 11.5 Å². The van der Waals surface area contributed by atoms with Crippen molar-refractivity contribution in [3.8, 4) is 0 Å². The molecule has 1 saturated heterocycles. The minimum Gasteiger partial charge on any atom is -0.462 e. The Kier molecular flexibility index (Phi) is 7.01. The number of carbonyl (C=O) groups excluding carboxylic acids is 4. The highest BCUT2D eigenvalue weighted by molar-refractivity contribution is 6.23. The molecule has 1 atom stereocenters. The lowest BCUT2D eigenvalue weighted by Gasteiger charge is -2.28. The minimum absolute atomic E-state index is 0.0212. The van der Waals surface area contributed by atoms with Crippen molar-refractivity contribution in [2.24, 2.45) is 0 Å². The number of ether oxygens (including phenoxy) is 1. The van der Waals surface area contributed by atoms with Crippen LogP contribution >= 0.6 is 0 Å². The number of benzene rings is 3. The number of anilines is 1. The van der Waals surface area contributed by atoms with Gasteiger partial charge in [0.05, 0.1) is 29.8 Å². The van der Waals surface area contributed by atoms with Crippen LogP contribution in [-0.4, -0.2) is 41.2 Å². The molecule has 35 heavy (non-hydrogen) atoms. The molecule has 0 saturated carbocycles. The third kappa shape index (κ3) is 4.96. The van der Waals surface area contributed by atoms with E-state index in [4.69, 9.17) is 4.74 Å². The molecular formula is C27H23FN2O5. The predicted octanol–water partition coefficient (Wildman–Crippen LogP) is 3.98. The Balaban J connectivity index is 1.64. The summed E-state index contributed by atoms with van der Waals surface area (Å²) in [5.74, 6) is -3.00. The summed E-state index contributed by atoms with van der Waals surface area (Å²) < 4.78 is 19.4. The van der Waals surface area contributed by atoms with Gasteiger partial charge in [0, 0.05) is 6.54 Å². The zero-order chi connectivity index (χ0) is 24.9. The Morgan fingerprint density at radius 1 is 0.971 bits per heavy atom. The summed E-state index contributed by atoms with van der Waals surface area (Å²) in [5.41, 5.74) is 1.11. The van der Waals surface area contributed by atoms with E-state index in [-0.39, 0.29) is 36.4 Å². The van der Waals surface area contributed by atoms with Gasteiger partial charge in [-0.1, -0.05) is 42.5 Å². The van der Waals surface area contributed by atoms with E-state index in [1.807, 2.05) is 6.07 Å². The Morgan fingerprint density at radius 2 is 1.63 bits per heavy atom. The molecule has 1 fully saturated rings. The Labute approximate surface area is 201 Å². The van der Waals surface area contributed by atoms with Crippen molar-refractivity contribution >= 4 is 29.4 Å². The highest BCUT2D eigenvalue weighted by atomic mass is 19.1. The molecule has 1 aliphatic rings. The lowest BCUT2D eigenvalue weighted by atomic mass is 10.1. The van der Waals surface area contributed by atoms with E-state index in [0.717, 1.165) is 10.5 Å². The molecule has 8 heteroatoms. The zero-order valence-corrected chi connectivity index (χ0v) is 19.0. The zero-order valence-electron chi connectivity index (χ0n) is 19.0. The van der Waals surface area contributed by atoms with Gasteiger partial charge in [0.25, 0.3) is 11.8 Å². The highest BCUT2D eigenvalue weighted by Gasteiger charge is 2.44. The lowest BCUT2D eigenvalue weighted by molar-refractivity contribution is -0.122. The van der Waals surface area contributed by atoms with E-state index in [0.29, 0.717) is 0 Å². The van der Waals surface area contributed by atoms with Gasteiger partial charge < -0.3 is 9.64 Å². The van der Waals surface area contributed by atoms with Gasteiger partial charge in [-0.25, -0.2) is 14.1 Å². The first-order valence-electron chi connectivity index (χ1n) is 11.1. The van der Waals surface area contributed by atoms with Crippen LogP contribution in [0.3, 0.4) is 0 Å². The Hall–Kier alpha value is -4.33. The molecule has 4 rings (SSSR count). The quantitative estimate of drug-likeness (QED) is 0.382. The predicted molar refractivity (Wildman–Crippen MR) is 126 cm³/mol. The number of hydrogen-bond donors (Lipinski definition) is 0. The number of carbonyl (C=O) groups is 4. The van der Waals surface area contributed by atoms with Gasteiger partial charge in [-0.3, -0.25) is 14.4 Å². The Morgan fingerprint density at radius 3 is 2.29 bits per heavy atom. The minimum atomic E-state index is -1.11. The van der Waals surface area contributed by atoms with Crippen molar-refractivity contribution in [2.45, 2.75) is 25.9 Å². The SMILES string of the molecule is CCOC(=O)c1ccc(N2C(=O)CC(N(Cc3ccccc3)C(=O)c3ccccc3F)C2=O)cc1. The van der Waals surface area contributed by atoms with Crippen LogP contribution in [0, 0.1) is 5.82 Å². The van der Waals surface area contributed by atoms with Crippen LogP contribution in [0.25, 0.3) is 0 Å². The molecule has 178 valence electrons. The number of hydrogen-bond acceptors (Lipinski definition) is 5. The summed E-state index contributed by atoms with van der Waals surface area (Å²) >= 11 is 0. The number of rotatable bonds is 7. The number of halogens is 1. The van der Waals surface area contributed by atoms with Crippen LogP contribution in [0.1, 0.15) is 39.6 Å². The van der Waals surface area contributed by atoms with Gasteiger partial charge in [0.2, 0.25) is 5.91 Å². The van der Waals surface area contributed by atoms with E-state index in [9.17, 15) is 23.6 Å². The van der Waals surface area contributed by atoms with Crippen LogP contribution < -0.4 is 4.90 Å². The van der Waals surface area contributed by atoms with Crippen LogP contribution in [0.15, 0.2) is 78.9 Å². The van der Waals surface area contributed by atoms with Crippen LogP contribution in [-0.2, 0) is 20.9 Å². The largest absolute Gasteiger partial charge is 0.462 e. The maximum atomic E-state index is 14.5. The number of esters is 1. The van der Waals surface area contributed by atoms with Gasteiger partial charge in [0.1, 0.15) is 11.9 Å². The average Bonchev–Trinajstić information content (AvgIpc) is 3.16. The third-order valence-corrected chi connectivity index (χ3v) is 5.70. The van der Waals surface area contributed by atoms with E-state index in [2.05, 4.69) is 0 Å². The molecule has 1 unspecified atom stereocenters. The first-order valence-corrected chi connectivity index (χ1v) is 11.1. The summed E-state index contributed by atoms with van der Waals surface area (Å²) in [6.45, 7) is 1.93. The molecule has 0 aliphatic carbocycles. The monoisotopic (exact) mass is 474 g/mol. The standard InChI is InChI=1S/C27H23FN2O5/c1-2-35-27(34)19-12-14-20(15-13-19)30-24(31)16-23(26(30)33)29(17-18-8-4-3-5-9-18)25(32)21-10-6-7-11-22(21)28/h3-15,23H,2,16-17H2,1H3.